The Morgan fingerprint density at radius 1 is 1.42 bits per heavy atom. The molecule has 12 heavy (non-hydrogen) atoms. The first kappa shape index (κ1) is 8.27. The van der Waals surface area contributed by atoms with Crippen LogP contribution in [-0.4, -0.2) is 12.7 Å². The summed E-state index contributed by atoms with van der Waals surface area (Å²) in [5, 5.41) is 0. The minimum Gasteiger partial charge on any atom is -0.232 e. The molecule has 0 aromatic carbocycles. The first-order chi connectivity index (χ1) is 5.77. The molecule has 1 fully saturated rings. The highest BCUT2D eigenvalue weighted by Gasteiger charge is 2.29. The van der Waals surface area contributed by atoms with Gasteiger partial charge in [-0.3, -0.25) is 0 Å². The van der Waals surface area contributed by atoms with Gasteiger partial charge in [0.1, 0.15) is 12.7 Å². The van der Waals surface area contributed by atoms with Crippen molar-refractivity contribution in [3.63, 3.8) is 0 Å². The normalized spacial score (nSPS) is 36.5. The molecule has 68 valence electrons. The Morgan fingerprint density at radius 3 is 3.08 bits per heavy atom. The van der Waals surface area contributed by atoms with Crippen LogP contribution in [0.15, 0.2) is 11.1 Å². The van der Waals surface area contributed by atoms with Crippen molar-refractivity contribution in [3.8, 4) is 0 Å². The van der Waals surface area contributed by atoms with Gasteiger partial charge in [-0.05, 0) is 43.3 Å². The molecular weight excluding hydrogens is 152 g/mol. The molecule has 0 unspecified atom stereocenters. The molecule has 1 saturated carbocycles. The van der Waals surface area contributed by atoms with Crippen molar-refractivity contribution in [2.75, 3.05) is 6.61 Å². The molecule has 0 spiro atoms. The van der Waals surface area contributed by atoms with E-state index in [0.29, 0.717) is 6.61 Å². The Labute approximate surface area is 73.5 Å². The average molecular weight is 168 g/mol. The SMILES string of the molecule is CC1=C2CC[C@H](C)C[C@H]2OOC1. The summed E-state index contributed by atoms with van der Waals surface area (Å²) in [7, 11) is 0. The molecule has 0 N–H and O–H groups in total. The maximum atomic E-state index is 5.26. The van der Waals surface area contributed by atoms with Gasteiger partial charge in [0, 0.05) is 0 Å². The zero-order valence-corrected chi connectivity index (χ0v) is 7.80. The Kier molecular flexibility index (Phi) is 2.20. The van der Waals surface area contributed by atoms with Gasteiger partial charge < -0.3 is 0 Å². The van der Waals surface area contributed by atoms with Crippen LogP contribution in [0.4, 0.5) is 0 Å². The van der Waals surface area contributed by atoms with Gasteiger partial charge >= 0.3 is 0 Å². The Bertz CT molecular complexity index is 208. The van der Waals surface area contributed by atoms with E-state index in [1.54, 1.807) is 0 Å². The summed E-state index contributed by atoms with van der Waals surface area (Å²) in [4.78, 5) is 10.3. The first-order valence-corrected chi connectivity index (χ1v) is 4.74. The van der Waals surface area contributed by atoms with E-state index in [0.717, 1.165) is 12.3 Å². The molecular formula is C10H16O2. The predicted molar refractivity (Wildman–Crippen MR) is 46.5 cm³/mol. The highest BCUT2D eigenvalue weighted by atomic mass is 17.2. The standard InChI is InChI=1S/C10H16O2/c1-7-3-4-9-8(2)6-11-12-10(9)5-7/h7,10H,3-6H2,1-2H3/t7-,10+/m0/s1. The summed E-state index contributed by atoms with van der Waals surface area (Å²) < 4.78 is 0. The van der Waals surface area contributed by atoms with Crippen LogP contribution in [-0.2, 0) is 9.78 Å². The summed E-state index contributed by atoms with van der Waals surface area (Å²) in [6, 6.07) is 0. The van der Waals surface area contributed by atoms with Gasteiger partial charge in [0.2, 0.25) is 0 Å². The van der Waals surface area contributed by atoms with Crippen LogP contribution in [0.2, 0.25) is 0 Å². The van der Waals surface area contributed by atoms with E-state index in [2.05, 4.69) is 13.8 Å². The monoisotopic (exact) mass is 168 g/mol. The van der Waals surface area contributed by atoms with Crippen LogP contribution in [0.25, 0.3) is 0 Å². The first-order valence-electron chi connectivity index (χ1n) is 4.74. The summed E-state index contributed by atoms with van der Waals surface area (Å²) in [6.07, 6.45) is 3.92. The van der Waals surface area contributed by atoms with Gasteiger partial charge in [-0.25, -0.2) is 9.78 Å². The largest absolute Gasteiger partial charge is 0.232 e. The fourth-order valence-corrected chi connectivity index (χ4v) is 2.07. The second-order valence-electron chi connectivity index (χ2n) is 4.03. The van der Waals surface area contributed by atoms with Gasteiger partial charge in [0.05, 0.1) is 0 Å². The van der Waals surface area contributed by atoms with Crippen molar-refractivity contribution in [1.82, 2.24) is 0 Å². The lowest BCUT2D eigenvalue weighted by atomic mass is 9.82. The number of fused-ring (bicyclic) bond motifs is 1. The maximum Gasteiger partial charge on any atom is 0.115 e. The van der Waals surface area contributed by atoms with E-state index >= 15 is 0 Å². The van der Waals surface area contributed by atoms with Crippen molar-refractivity contribution in [2.45, 2.75) is 39.2 Å². The summed E-state index contributed by atoms with van der Waals surface area (Å²) >= 11 is 0. The zero-order chi connectivity index (χ0) is 8.55. The highest BCUT2D eigenvalue weighted by Crippen LogP contribution is 2.34. The van der Waals surface area contributed by atoms with Gasteiger partial charge in [0.25, 0.3) is 0 Å². The van der Waals surface area contributed by atoms with E-state index in [9.17, 15) is 0 Å². The third-order valence-electron chi connectivity index (χ3n) is 2.92. The van der Waals surface area contributed by atoms with E-state index in [4.69, 9.17) is 9.78 Å². The highest BCUT2D eigenvalue weighted by molar-refractivity contribution is 5.20. The van der Waals surface area contributed by atoms with Crippen LogP contribution in [0.3, 0.4) is 0 Å². The molecule has 0 bridgehead atoms. The molecule has 0 aromatic heterocycles. The average Bonchev–Trinajstić information content (AvgIpc) is 2.04. The lowest BCUT2D eigenvalue weighted by Crippen LogP contribution is -2.29. The van der Waals surface area contributed by atoms with Crippen molar-refractivity contribution in [2.24, 2.45) is 5.92 Å². The van der Waals surface area contributed by atoms with E-state index in [1.165, 1.54) is 24.0 Å². The Morgan fingerprint density at radius 2 is 2.25 bits per heavy atom. The molecule has 1 aliphatic carbocycles. The summed E-state index contributed by atoms with van der Waals surface area (Å²) in [5.41, 5.74) is 2.89. The quantitative estimate of drug-likeness (QED) is 0.408. The van der Waals surface area contributed by atoms with Crippen molar-refractivity contribution >= 4 is 0 Å². The van der Waals surface area contributed by atoms with Crippen LogP contribution in [0.5, 0.6) is 0 Å². The zero-order valence-electron chi connectivity index (χ0n) is 7.80. The Balaban J connectivity index is 2.16. The minimum atomic E-state index is 0.266. The van der Waals surface area contributed by atoms with E-state index in [1.807, 2.05) is 0 Å². The number of rotatable bonds is 0. The van der Waals surface area contributed by atoms with E-state index in [-0.39, 0.29) is 6.10 Å². The lowest BCUT2D eigenvalue weighted by Gasteiger charge is -2.33. The van der Waals surface area contributed by atoms with Crippen molar-refractivity contribution in [3.05, 3.63) is 11.1 Å². The molecule has 1 aliphatic heterocycles. The van der Waals surface area contributed by atoms with Crippen molar-refractivity contribution in [1.29, 1.82) is 0 Å². The van der Waals surface area contributed by atoms with E-state index < -0.39 is 0 Å². The molecule has 0 amide bonds. The maximum absolute atomic E-state index is 5.26. The lowest BCUT2D eigenvalue weighted by molar-refractivity contribution is -0.323. The van der Waals surface area contributed by atoms with Gasteiger partial charge in [-0.1, -0.05) is 6.92 Å². The van der Waals surface area contributed by atoms with Crippen LogP contribution in [0, 0.1) is 5.92 Å². The summed E-state index contributed by atoms with van der Waals surface area (Å²) in [6.45, 7) is 5.10. The van der Waals surface area contributed by atoms with Crippen LogP contribution >= 0.6 is 0 Å². The molecule has 2 rings (SSSR count). The number of hydrogen-bond acceptors (Lipinski definition) is 2. The van der Waals surface area contributed by atoms with Crippen LogP contribution < -0.4 is 0 Å². The molecule has 0 radical (unpaired) electrons. The van der Waals surface area contributed by atoms with Gasteiger partial charge in [-0.2, -0.15) is 0 Å². The molecule has 2 aliphatic rings. The minimum absolute atomic E-state index is 0.266. The second kappa shape index (κ2) is 3.19. The molecule has 0 aromatic rings. The molecule has 2 heteroatoms. The Hall–Kier alpha value is -0.340. The van der Waals surface area contributed by atoms with Gasteiger partial charge in [0.15, 0.2) is 0 Å². The topological polar surface area (TPSA) is 18.5 Å². The van der Waals surface area contributed by atoms with Gasteiger partial charge in [-0.15, -0.1) is 0 Å². The third kappa shape index (κ3) is 1.41. The second-order valence-corrected chi connectivity index (χ2v) is 4.03. The smallest absolute Gasteiger partial charge is 0.115 e. The van der Waals surface area contributed by atoms with Crippen molar-refractivity contribution < 1.29 is 9.78 Å². The molecule has 2 nitrogen and oxygen atoms in total. The predicted octanol–water partition coefficient (Wildman–Crippen LogP) is 2.45. The fraction of sp³-hybridized carbons (Fsp3) is 0.800. The molecule has 1 heterocycles. The number of hydrogen-bond donors (Lipinski definition) is 0. The fourth-order valence-electron chi connectivity index (χ4n) is 2.07. The summed E-state index contributed by atoms with van der Waals surface area (Å²) in [5.74, 6) is 0.785. The van der Waals surface area contributed by atoms with Crippen LogP contribution in [0.1, 0.15) is 33.1 Å². The molecule has 0 saturated heterocycles. The third-order valence-corrected chi connectivity index (χ3v) is 2.92. The molecule has 2 atom stereocenters.